The second-order valence-corrected chi connectivity index (χ2v) is 3.72. The largest absolute Gasteiger partial charge is 0.396 e. The molecule has 0 unspecified atom stereocenters. The maximum absolute atomic E-state index is 5.83. The highest BCUT2D eigenvalue weighted by molar-refractivity contribution is 5.63. The molecule has 2 heterocycles. The molecule has 0 saturated heterocycles. The molecule has 80 valence electrons. The van der Waals surface area contributed by atoms with Gasteiger partial charge in [-0.05, 0) is 25.0 Å². The topological polar surface area (TPSA) is 56.2 Å². The first-order valence-electron chi connectivity index (χ1n) is 5.37. The Bertz CT molecular complexity index is 457. The average molecular weight is 204 g/mol. The first kappa shape index (κ1) is 9.96. The molecule has 4 nitrogen and oxygen atoms in total. The van der Waals surface area contributed by atoms with Gasteiger partial charge in [0.05, 0.1) is 5.69 Å². The number of rotatable bonds is 3. The van der Waals surface area contributed by atoms with Crippen LogP contribution in [0.3, 0.4) is 0 Å². The lowest BCUT2D eigenvalue weighted by Crippen LogP contribution is -1.98. The molecule has 2 rings (SSSR count). The average Bonchev–Trinajstić information content (AvgIpc) is 2.65. The van der Waals surface area contributed by atoms with Crippen LogP contribution in [0, 0.1) is 0 Å². The van der Waals surface area contributed by atoms with Crippen molar-refractivity contribution in [1.29, 1.82) is 0 Å². The van der Waals surface area contributed by atoms with Crippen molar-refractivity contribution in [1.82, 2.24) is 14.6 Å². The molecule has 0 atom stereocenters. The molecule has 2 N–H and O–H groups in total. The van der Waals surface area contributed by atoms with E-state index in [0.29, 0.717) is 11.6 Å². The van der Waals surface area contributed by atoms with E-state index >= 15 is 0 Å². The van der Waals surface area contributed by atoms with Crippen LogP contribution in [-0.4, -0.2) is 14.6 Å². The number of anilines is 1. The van der Waals surface area contributed by atoms with E-state index in [2.05, 4.69) is 23.9 Å². The van der Waals surface area contributed by atoms with E-state index in [9.17, 15) is 0 Å². The second-order valence-electron chi connectivity index (χ2n) is 3.72. The van der Waals surface area contributed by atoms with Gasteiger partial charge in [0.15, 0.2) is 11.5 Å². The van der Waals surface area contributed by atoms with E-state index in [4.69, 9.17) is 5.73 Å². The number of aromatic nitrogens is 3. The van der Waals surface area contributed by atoms with Gasteiger partial charge in [-0.2, -0.15) is 5.10 Å². The first-order valence-corrected chi connectivity index (χ1v) is 5.37. The Kier molecular flexibility index (Phi) is 2.58. The molecule has 0 aliphatic carbocycles. The lowest BCUT2D eigenvalue weighted by molar-refractivity contribution is 0.601. The zero-order valence-corrected chi connectivity index (χ0v) is 9.14. The van der Waals surface area contributed by atoms with Gasteiger partial charge in [0.2, 0.25) is 0 Å². The number of nitrogen functional groups attached to an aromatic ring is 1. The van der Waals surface area contributed by atoms with Gasteiger partial charge in [0, 0.05) is 12.1 Å². The Morgan fingerprint density at radius 2 is 2.13 bits per heavy atom. The van der Waals surface area contributed by atoms with Gasteiger partial charge in [0.25, 0.3) is 0 Å². The first-order chi connectivity index (χ1) is 7.26. The van der Waals surface area contributed by atoms with E-state index in [-0.39, 0.29) is 0 Å². The fraction of sp³-hybridized carbons (Fsp3) is 0.455. The van der Waals surface area contributed by atoms with Crippen LogP contribution in [0.4, 0.5) is 5.69 Å². The lowest BCUT2D eigenvalue weighted by Gasteiger charge is -2.05. The molecule has 0 bridgehead atoms. The molecule has 0 aliphatic rings. The van der Waals surface area contributed by atoms with Crippen molar-refractivity contribution < 1.29 is 0 Å². The second kappa shape index (κ2) is 3.88. The van der Waals surface area contributed by atoms with Crippen molar-refractivity contribution in [3.8, 4) is 0 Å². The predicted octanol–water partition coefficient (Wildman–Crippen LogP) is 2.22. The quantitative estimate of drug-likeness (QED) is 0.834. The van der Waals surface area contributed by atoms with Crippen molar-refractivity contribution in [3.63, 3.8) is 0 Å². The van der Waals surface area contributed by atoms with Gasteiger partial charge < -0.3 is 5.73 Å². The third-order valence-corrected chi connectivity index (χ3v) is 2.76. The van der Waals surface area contributed by atoms with Gasteiger partial charge in [-0.25, -0.2) is 9.50 Å². The lowest BCUT2D eigenvalue weighted by atomic mass is 10.0. The molecular weight excluding hydrogens is 188 g/mol. The summed E-state index contributed by atoms with van der Waals surface area (Å²) in [4.78, 5) is 4.48. The van der Waals surface area contributed by atoms with Crippen LogP contribution in [0.15, 0.2) is 18.3 Å². The molecule has 2 aromatic rings. The van der Waals surface area contributed by atoms with Crippen molar-refractivity contribution in [2.45, 2.75) is 32.6 Å². The third-order valence-electron chi connectivity index (χ3n) is 2.76. The van der Waals surface area contributed by atoms with Crippen LogP contribution >= 0.6 is 0 Å². The Labute approximate surface area is 89.1 Å². The normalized spacial score (nSPS) is 11.4. The van der Waals surface area contributed by atoms with E-state index in [0.717, 1.165) is 24.3 Å². The summed E-state index contributed by atoms with van der Waals surface area (Å²) in [5, 5.41) is 4.44. The monoisotopic (exact) mass is 204 g/mol. The van der Waals surface area contributed by atoms with Gasteiger partial charge >= 0.3 is 0 Å². The highest BCUT2D eigenvalue weighted by atomic mass is 15.3. The number of hydrogen-bond donors (Lipinski definition) is 1. The summed E-state index contributed by atoms with van der Waals surface area (Å²) < 4.78 is 1.75. The van der Waals surface area contributed by atoms with Crippen molar-refractivity contribution >= 4 is 11.3 Å². The third kappa shape index (κ3) is 1.67. The highest BCUT2D eigenvalue weighted by Gasteiger charge is 2.13. The SMILES string of the molecule is CCC(CC)c1nc2c(N)cccn2n1. The summed E-state index contributed by atoms with van der Waals surface area (Å²) >= 11 is 0. The predicted molar refractivity (Wildman–Crippen MR) is 60.7 cm³/mol. The number of pyridine rings is 1. The van der Waals surface area contributed by atoms with Crippen LogP contribution in [0.1, 0.15) is 38.4 Å². The molecule has 0 spiro atoms. The molecule has 0 fully saturated rings. The highest BCUT2D eigenvalue weighted by Crippen LogP contribution is 2.21. The smallest absolute Gasteiger partial charge is 0.178 e. The molecule has 4 heteroatoms. The minimum absolute atomic E-state index is 0.435. The molecule has 0 radical (unpaired) electrons. The molecule has 15 heavy (non-hydrogen) atoms. The Morgan fingerprint density at radius 1 is 1.40 bits per heavy atom. The summed E-state index contributed by atoms with van der Waals surface area (Å²) in [5.74, 6) is 1.34. The van der Waals surface area contributed by atoms with Crippen molar-refractivity contribution in [2.75, 3.05) is 5.73 Å². The van der Waals surface area contributed by atoms with Crippen LogP contribution in [0.2, 0.25) is 0 Å². The van der Waals surface area contributed by atoms with E-state index < -0.39 is 0 Å². The Morgan fingerprint density at radius 3 is 2.73 bits per heavy atom. The molecule has 0 amide bonds. The van der Waals surface area contributed by atoms with Crippen LogP contribution in [0.5, 0.6) is 0 Å². The summed E-state index contributed by atoms with van der Waals surface area (Å²) in [7, 11) is 0. The number of hydrogen-bond acceptors (Lipinski definition) is 3. The number of nitrogens with two attached hydrogens (primary N) is 1. The van der Waals surface area contributed by atoms with Crippen molar-refractivity contribution in [3.05, 3.63) is 24.2 Å². The fourth-order valence-electron chi connectivity index (χ4n) is 1.77. The van der Waals surface area contributed by atoms with E-state index in [1.807, 2.05) is 18.3 Å². The minimum Gasteiger partial charge on any atom is -0.396 e. The van der Waals surface area contributed by atoms with Crippen LogP contribution in [-0.2, 0) is 0 Å². The van der Waals surface area contributed by atoms with E-state index in [1.165, 1.54) is 0 Å². The Hall–Kier alpha value is -1.58. The van der Waals surface area contributed by atoms with Gasteiger partial charge in [-0.15, -0.1) is 0 Å². The number of nitrogens with zero attached hydrogens (tertiary/aromatic N) is 3. The van der Waals surface area contributed by atoms with Gasteiger partial charge in [-0.3, -0.25) is 0 Å². The summed E-state index contributed by atoms with van der Waals surface area (Å²) in [6, 6.07) is 3.73. The molecule has 0 saturated carbocycles. The molecular formula is C11H16N4. The fourth-order valence-corrected chi connectivity index (χ4v) is 1.77. The maximum Gasteiger partial charge on any atom is 0.178 e. The molecule has 0 aromatic carbocycles. The van der Waals surface area contributed by atoms with E-state index in [1.54, 1.807) is 4.52 Å². The summed E-state index contributed by atoms with van der Waals surface area (Å²) in [6.07, 6.45) is 4.01. The molecule has 0 aliphatic heterocycles. The summed E-state index contributed by atoms with van der Waals surface area (Å²) in [5.41, 5.74) is 7.28. The van der Waals surface area contributed by atoms with Gasteiger partial charge in [-0.1, -0.05) is 13.8 Å². The van der Waals surface area contributed by atoms with Crippen molar-refractivity contribution in [2.24, 2.45) is 0 Å². The molecule has 2 aromatic heterocycles. The Balaban J connectivity index is 2.51. The zero-order valence-electron chi connectivity index (χ0n) is 9.14. The number of fused-ring (bicyclic) bond motifs is 1. The summed E-state index contributed by atoms with van der Waals surface area (Å²) in [6.45, 7) is 4.31. The maximum atomic E-state index is 5.83. The van der Waals surface area contributed by atoms with Gasteiger partial charge in [0.1, 0.15) is 0 Å². The van der Waals surface area contributed by atoms with Crippen LogP contribution < -0.4 is 5.73 Å². The zero-order chi connectivity index (χ0) is 10.8. The minimum atomic E-state index is 0.435. The van der Waals surface area contributed by atoms with Crippen LogP contribution in [0.25, 0.3) is 5.65 Å². The standard InChI is InChI=1S/C11H16N4/c1-3-8(4-2)10-13-11-9(12)6-5-7-15(11)14-10/h5-8H,3-4,12H2,1-2H3.